The van der Waals surface area contributed by atoms with E-state index in [4.69, 9.17) is 0 Å². The molecule has 0 aliphatic carbocycles. The normalized spacial score (nSPS) is 24.3. The predicted molar refractivity (Wildman–Crippen MR) is 90.3 cm³/mol. The molecule has 1 aromatic rings. The summed E-state index contributed by atoms with van der Waals surface area (Å²) in [6.07, 6.45) is 1.23. The molecule has 0 aromatic heterocycles. The van der Waals surface area contributed by atoms with Crippen LogP contribution in [0.2, 0.25) is 0 Å². The lowest BCUT2D eigenvalue weighted by atomic mass is 9.93. The molecule has 0 spiro atoms. The van der Waals surface area contributed by atoms with Crippen LogP contribution in [0, 0.1) is 9.49 Å². The Labute approximate surface area is 132 Å². The van der Waals surface area contributed by atoms with Crippen molar-refractivity contribution in [2.45, 2.75) is 26.3 Å². The fourth-order valence-electron chi connectivity index (χ4n) is 2.66. The number of piperidine rings is 1. The molecule has 1 aliphatic rings. The van der Waals surface area contributed by atoms with E-state index < -0.39 is 0 Å². The quantitative estimate of drug-likeness (QED) is 0.743. The summed E-state index contributed by atoms with van der Waals surface area (Å²) in [5.74, 6) is 0.698. The maximum absolute atomic E-state index is 3.67. The summed E-state index contributed by atoms with van der Waals surface area (Å²) in [6, 6.07) is 7.24. The second kappa shape index (κ2) is 6.57. The summed E-state index contributed by atoms with van der Waals surface area (Å²) < 4.78 is 2.50. The Morgan fingerprint density at radius 2 is 2.28 bits per heavy atom. The Morgan fingerprint density at radius 1 is 1.50 bits per heavy atom. The zero-order valence-electron chi connectivity index (χ0n) is 10.9. The van der Waals surface area contributed by atoms with E-state index in [1.54, 1.807) is 0 Å². The molecule has 2 atom stereocenters. The Bertz CT molecular complexity index is 411. The zero-order chi connectivity index (χ0) is 13.1. The van der Waals surface area contributed by atoms with Gasteiger partial charge < -0.3 is 10.2 Å². The van der Waals surface area contributed by atoms with Crippen molar-refractivity contribution in [3.8, 4) is 0 Å². The van der Waals surface area contributed by atoms with Crippen molar-refractivity contribution in [1.29, 1.82) is 0 Å². The minimum atomic E-state index is 0.674. The molecule has 0 amide bonds. The molecule has 2 unspecified atom stereocenters. The SMILES string of the molecule is CCNC1CCN(c2cc(I)ccc2Br)CC1C. The van der Waals surface area contributed by atoms with E-state index in [1.165, 1.54) is 20.2 Å². The molecule has 0 radical (unpaired) electrons. The Balaban J connectivity index is 2.10. The van der Waals surface area contributed by atoms with Gasteiger partial charge in [-0.15, -0.1) is 0 Å². The van der Waals surface area contributed by atoms with Crippen molar-refractivity contribution in [3.05, 3.63) is 26.2 Å². The summed E-state index contributed by atoms with van der Waals surface area (Å²) in [7, 11) is 0. The molecule has 1 saturated heterocycles. The Kier molecular flexibility index (Phi) is 5.33. The number of nitrogens with one attached hydrogen (secondary N) is 1. The molecule has 1 aliphatic heterocycles. The minimum absolute atomic E-state index is 0.674. The van der Waals surface area contributed by atoms with Gasteiger partial charge in [-0.1, -0.05) is 13.8 Å². The lowest BCUT2D eigenvalue weighted by Gasteiger charge is -2.39. The van der Waals surface area contributed by atoms with Gasteiger partial charge in [-0.05, 0) is 75.6 Å². The van der Waals surface area contributed by atoms with Crippen LogP contribution in [0.15, 0.2) is 22.7 Å². The number of benzene rings is 1. The van der Waals surface area contributed by atoms with Gasteiger partial charge in [0.25, 0.3) is 0 Å². The molecule has 4 heteroatoms. The standard InChI is InChI=1S/C14H20BrIN2/c1-3-17-13-6-7-18(9-10(13)2)14-8-11(16)4-5-12(14)15/h4-5,8,10,13,17H,3,6-7,9H2,1-2H3. The molecule has 1 aromatic carbocycles. The minimum Gasteiger partial charge on any atom is -0.370 e. The molecule has 18 heavy (non-hydrogen) atoms. The topological polar surface area (TPSA) is 15.3 Å². The van der Waals surface area contributed by atoms with Crippen molar-refractivity contribution in [2.24, 2.45) is 5.92 Å². The summed E-state index contributed by atoms with van der Waals surface area (Å²) in [5.41, 5.74) is 1.34. The van der Waals surface area contributed by atoms with Crippen LogP contribution in [0.5, 0.6) is 0 Å². The third-order valence-electron chi connectivity index (χ3n) is 3.62. The number of nitrogens with zero attached hydrogens (tertiary/aromatic N) is 1. The molecular formula is C14H20BrIN2. The number of hydrogen-bond acceptors (Lipinski definition) is 2. The van der Waals surface area contributed by atoms with Crippen LogP contribution in [0.4, 0.5) is 5.69 Å². The Morgan fingerprint density at radius 3 is 2.94 bits per heavy atom. The molecule has 0 bridgehead atoms. The maximum Gasteiger partial charge on any atom is 0.0521 e. The average Bonchev–Trinajstić information content (AvgIpc) is 2.35. The number of halogens is 2. The van der Waals surface area contributed by atoms with Gasteiger partial charge in [-0.3, -0.25) is 0 Å². The van der Waals surface area contributed by atoms with Crippen LogP contribution in [-0.4, -0.2) is 25.7 Å². The van der Waals surface area contributed by atoms with Crippen molar-refractivity contribution < 1.29 is 0 Å². The summed E-state index contributed by atoms with van der Waals surface area (Å²) >= 11 is 6.05. The second-order valence-electron chi connectivity index (χ2n) is 4.97. The first-order valence-electron chi connectivity index (χ1n) is 6.55. The van der Waals surface area contributed by atoms with Crippen molar-refractivity contribution in [1.82, 2.24) is 5.32 Å². The van der Waals surface area contributed by atoms with Crippen LogP contribution in [-0.2, 0) is 0 Å². The van der Waals surface area contributed by atoms with Crippen molar-refractivity contribution in [2.75, 3.05) is 24.5 Å². The van der Waals surface area contributed by atoms with Gasteiger partial charge in [0.2, 0.25) is 0 Å². The van der Waals surface area contributed by atoms with E-state index in [2.05, 4.69) is 80.8 Å². The van der Waals surface area contributed by atoms with Crippen LogP contribution >= 0.6 is 38.5 Å². The maximum atomic E-state index is 3.67. The van der Waals surface area contributed by atoms with Gasteiger partial charge in [0.1, 0.15) is 0 Å². The fraction of sp³-hybridized carbons (Fsp3) is 0.571. The highest BCUT2D eigenvalue weighted by molar-refractivity contribution is 14.1. The average molecular weight is 423 g/mol. The van der Waals surface area contributed by atoms with Gasteiger partial charge in [0.15, 0.2) is 0 Å². The van der Waals surface area contributed by atoms with Gasteiger partial charge in [0.05, 0.1) is 5.69 Å². The third-order valence-corrected chi connectivity index (χ3v) is 4.96. The highest BCUT2D eigenvalue weighted by Gasteiger charge is 2.26. The lowest BCUT2D eigenvalue weighted by Crippen LogP contribution is -2.48. The molecular weight excluding hydrogens is 403 g/mol. The molecule has 100 valence electrons. The predicted octanol–water partition coefficient (Wildman–Crippen LogP) is 3.88. The molecule has 1 heterocycles. The highest BCUT2D eigenvalue weighted by Crippen LogP contribution is 2.31. The van der Waals surface area contributed by atoms with Crippen LogP contribution in [0.25, 0.3) is 0 Å². The first kappa shape index (κ1) is 14.6. The fourth-order valence-corrected chi connectivity index (χ4v) is 3.63. The van der Waals surface area contributed by atoms with E-state index in [1.807, 2.05) is 0 Å². The third kappa shape index (κ3) is 3.39. The van der Waals surface area contributed by atoms with Crippen LogP contribution < -0.4 is 10.2 Å². The van der Waals surface area contributed by atoms with Crippen LogP contribution in [0.1, 0.15) is 20.3 Å². The van der Waals surface area contributed by atoms with Gasteiger partial charge in [-0.2, -0.15) is 0 Å². The first-order valence-corrected chi connectivity index (χ1v) is 8.42. The summed E-state index contributed by atoms with van der Waals surface area (Å²) in [5, 5.41) is 3.59. The molecule has 0 saturated carbocycles. The van der Waals surface area contributed by atoms with E-state index in [9.17, 15) is 0 Å². The smallest absolute Gasteiger partial charge is 0.0521 e. The number of rotatable bonds is 3. The van der Waals surface area contributed by atoms with Crippen molar-refractivity contribution >= 4 is 44.2 Å². The monoisotopic (exact) mass is 422 g/mol. The summed E-state index contributed by atoms with van der Waals surface area (Å²) in [6.45, 7) is 7.88. The van der Waals surface area contributed by atoms with Crippen LogP contribution in [0.3, 0.4) is 0 Å². The zero-order valence-corrected chi connectivity index (χ0v) is 14.7. The van der Waals surface area contributed by atoms with E-state index in [0.717, 1.165) is 19.6 Å². The van der Waals surface area contributed by atoms with E-state index >= 15 is 0 Å². The first-order chi connectivity index (χ1) is 8.61. The second-order valence-corrected chi connectivity index (χ2v) is 7.07. The molecule has 1 N–H and O–H groups in total. The molecule has 2 nitrogen and oxygen atoms in total. The molecule has 2 rings (SSSR count). The number of anilines is 1. The van der Waals surface area contributed by atoms with Gasteiger partial charge in [-0.25, -0.2) is 0 Å². The van der Waals surface area contributed by atoms with Gasteiger partial charge >= 0.3 is 0 Å². The largest absolute Gasteiger partial charge is 0.370 e. The van der Waals surface area contributed by atoms with Gasteiger partial charge in [0, 0.05) is 27.2 Å². The van der Waals surface area contributed by atoms with E-state index in [0.29, 0.717) is 12.0 Å². The lowest BCUT2D eigenvalue weighted by molar-refractivity contribution is 0.326. The van der Waals surface area contributed by atoms with E-state index in [-0.39, 0.29) is 0 Å². The Hall–Kier alpha value is 0.190. The summed E-state index contributed by atoms with van der Waals surface area (Å²) in [4.78, 5) is 2.50. The van der Waals surface area contributed by atoms with Crippen molar-refractivity contribution in [3.63, 3.8) is 0 Å². The molecule has 1 fully saturated rings. The number of hydrogen-bond donors (Lipinski definition) is 1. The highest BCUT2D eigenvalue weighted by atomic mass is 127.